The third kappa shape index (κ3) is 5.08. The van der Waals surface area contributed by atoms with Crippen molar-refractivity contribution in [2.24, 2.45) is 0 Å². The first-order valence-electron chi connectivity index (χ1n) is 19.6. The number of halogens is 1. The lowest BCUT2D eigenvalue weighted by molar-refractivity contribution is -0.133. The molecule has 4 aromatic rings. The van der Waals surface area contributed by atoms with E-state index < -0.39 is 40.9 Å². The Morgan fingerprint density at radius 2 is 1.93 bits per heavy atom. The molecule has 8 atom stereocenters. The zero-order chi connectivity index (χ0) is 40.5. The lowest BCUT2D eigenvalue weighted by Crippen LogP contribution is -2.69. The van der Waals surface area contributed by atoms with Crippen LogP contribution in [0.5, 0.6) is 28.7 Å². The zero-order valence-corrected chi connectivity index (χ0v) is 33.8. The van der Waals surface area contributed by atoms with Gasteiger partial charge in [-0.05, 0) is 75.5 Å². The number of nitriles is 1. The molecule has 0 amide bonds. The molecule has 4 bridgehead atoms. The molecule has 58 heavy (non-hydrogen) atoms. The fourth-order valence-electron chi connectivity index (χ4n) is 11.1. The molecule has 3 N–H and O–H groups in total. The van der Waals surface area contributed by atoms with Crippen LogP contribution < -0.4 is 24.3 Å². The van der Waals surface area contributed by atoms with Gasteiger partial charge in [-0.15, -0.1) is 11.8 Å². The number of likely N-dealkylation sites (N-methyl/N-ethyl adjacent to an activating group) is 1. The minimum absolute atomic E-state index is 0.0151. The van der Waals surface area contributed by atoms with Crippen molar-refractivity contribution in [3.05, 3.63) is 74.7 Å². The number of phenolic OH excluding ortho intramolecular Hbond substituents is 1. The summed E-state index contributed by atoms with van der Waals surface area (Å²) in [6.07, 6.45) is 1.07. The van der Waals surface area contributed by atoms with Crippen molar-refractivity contribution in [3.63, 3.8) is 0 Å². The first-order valence-corrected chi connectivity index (χ1v) is 20.7. The number of ketones is 1. The third-order valence-corrected chi connectivity index (χ3v) is 14.8. The molecular weight excluding hydrogens is 766 g/mol. The fraction of sp³-hybridized carbons (Fsp3) is 0.465. The summed E-state index contributed by atoms with van der Waals surface area (Å²) >= 11 is 1.52. The first-order chi connectivity index (χ1) is 27.9. The molecule has 2 unspecified atom stereocenters. The van der Waals surface area contributed by atoms with Crippen LogP contribution >= 0.6 is 11.8 Å². The normalized spacial score (nSPS) is 29.9. The van der Waals surface area contributed by atoms with Crippen molar-refractivity contribution >= 4 is 34.4 Å². The van der Waals surface area contributed by atoms with Gasteiger partial charge in [0.1, 0.15) is 29.8 Å². The Labute approximate surface area is 338 Å². The molecule has 1 aromatic heterocycles. The molecule has 8 heterocycles. The number of nitrogens with one attached hydrogen (secondary N) is 2. The number of carbonyl (C=O) groups excluding carboxylic acids is 2. The SMILES string of the molecule is COc1c(C)cc2c(c1O)[C@@H]1C3[C@@H]4SC[C@]5(NC(C)Cc6c5[nH]c5ccc(F)cc65)C(=O)COC[C@@H](c5c6c(c(C)c(OC(C)=O)c54)OCO6)N3[C@@H](C#N)[C@H](C2)N1C. The number of hydrogen-bond donors (Lipinski definition) is 3. The number of H-pyrrole nitrogens is 1. The van der Waals surface area contributed by atoms with Gasteiger partial charge in [0.15, 0.2) is 28.8 Å². The molecular formula is C43H44FN5O8S. The van der Waals surface area contributed by atoms with Crippen LogP contribution in [0.4, 0.5) is 4.39 Å². The maximum atomic E-state index is 15.0. The number of aromatic hydroxyl groups is 1. The number of fused-ring (bicyclic) bond motifs is 12. The summed E-state index contributed by atoms with van der Waals surface area (Å²) in [4.78, 5) is 36.0. The van der Waals surface area contributed by atoms with Crippen LogP contribution in [-0.2, 0) is 32.7 Å². The van der Waals surface area contributed by atoms with Gasteiger partial charge in [-0.3, -0.25) is 24.7 Å². The Kier molecular flexibility index (Phi) is 8.60. The van der Waals surface area contributed by atoms with Gasteiger partial charge in [0, 0.05) is 69.7 Å². The number of methoxy groups -OCH3 is 1. The molecule has 302 valence electrons. The standard InChI is InChI=1S/C43H44FN5O8S/c1-18-9-22-11-27-28(13-45)49-29-14-54-15-30(51)43(42-25(10-19(2)47-43)24-12-23(44)7-8-26(24)46-42)16-58-41(35(49)34(48(27)5)31(22)36(52)37(18)53-6)33-32(29)40-39(55-17-56-40)20(3)38(33)57-21(4)50/h7-9,12,19,27-29,34-35,41,46-47,52H,10-11,14-17H2,1-6H3/t19?,27-,28-,29-,34+,35?,41+,43-/m0/s1. The molecule has 3 aromatic carbocycles. The number of carbonyl (C=O) groups is 2. The second kappa shape index (κ2) is 13.3. The highest BCUT2D eigenvalue weighted by Gasteiger charge is 2.61. The van der Waals surface area contributed by atoms with E-state index >= 15 is 0 Å². The summed E-state index contributed by atoms with van der Waals surface area (Å²) < 4.78 is 45.7. The summed E-state index contributed by atoms with van der Waals surface area (Å²) in [5.74, 6) is 0.804. The second-order valence-electron chi connectivity index (χ2n) is 16.5. The number of rotatable bonds is 2. The Morgan fingerprint density at radius 1 is 1.14 bits per heavy atom. The molecule has 11 rings (SSSR count). The molecule has 2 saturated heterocycles. The number of hydrogen-bond acceptors (Lipinski definition) is 13. The van der Waals surface area contributed by atoms with Crippen molar-refractivity contribution in [2.75, 3.05) is 39.9 Å². The number of aromatic nitrogens is 1. The van der Waals surface area contributed by atoms with Gasteiger partial charge in [-0.1, -0.05) is 6.07 Å². The molecule has 13 nitrogen and oxygen atoms in total. The lowest BCUT2D eigenvalue weighted by Gasteiger charge is -2.61. The van der Waals surface area contributed by atoms with Crippen LogP contribution in [0.15, 0.2) is 24.3 Å². The number of Topliss-reactive ketones (excluding diaryl/α,β-unsaturated/α-hetero) is 1. The number of esters is 1. The fourth-order valence-corrected chi connectivity index (χ4v) is 12.8. The predicted molar refractivity (Wildman–Crippen MR) is 211 cm³/mol. The minimum Gasteiger partial charge on any atom is -0.504 e. The third-order valence-electron chi connectivity index (χ3n) is 13.3. The van der Waals surface area contributed by atoms with Gasteiger partial charge in [-0.25, -0.2) is 4.39 Å². The zero-order valence-electron chi connectivity index (χ0n) is 33.0. The second-order valence-corrected chi connectivity index (χ2v) is 17.6. The predicted octanol–water partition coefficient (Wildman–Crippen LogP) is 5.32. The number of ether oxygens (including phenoxy) is 5. The number of piperazine rings is 1. The van der Waals surface area contributed by atoms with E-state index in [1.807, 2.05) is 33.9 Å². The molecule has 0 saturated carbocycles. The Bertz CT molecular complexity index is 2500. The number of aryl methyl sites for hydroxylation is 1. The smallest absolute Gasteiger partial charge is 0.308 e. The van der Waals surface area contributed by atoms with Crippen LogP contribution in [-0.4, -0.2) is 95.7 Å². The molecule has 7 aliphatic heterocycles. The molecule has 2 fully saturated rings. The number of benzene rings is 3. The topological polar surface area (TPSA) is 159 Å². The Balaban J connectivity index is 1.26. The molecule has 1 spiro atoms. The van der Waals surface area contributed by atoms with E-state index in [-0.39, 0.29) is 55.2 Å². The van der Waals surface area contributed by atoms with E-state index in [1.54, 1.807) is 13.2 Å². The van der Waals surface area contributed by atoms with Crippen molar-refractivity contribution in [3.8, 4) is 34.8 Å². The maximum Gasteiger partial charge on any atom is 0.308 e. The lowest BCUT2D eigenvalue weighted by atomic mass is 9.71. The van der Waals surface area contributed by atoms with E-state index in [4.69, 9.17) is 23.7 Å². The highest BCUT2D eigenvalue weighted by atomic mass is 32.2. The monoisotopic (exact) mass is 809 g/mol. The molecule has 7 aliphatic rings. The average molecular weight is 810 g/mol. The highest BCUT2D eigenvalue weighted by molar-refractivity contribution is 7.99. The van der Waals surface area contributed by atoms with Crippen molar-refractivity contribution in [1.29, 1.82) is 5.26 Å². The Morgan fingerprint density at radius 3 is 2.69 bits per heavy atom. The van der Waals surface area contributed by atoms with Crippen molar-refractivity contribution in [2.45, 2.75) is 87.6 Å². The van der Waals surface area contributed by atoms with Crippen LogP contribution in [0.25, 0.3) is 10.9 Å². The van der Waals surface area contributed by atoms with Crippen molar-refractivity contribution in [1.82, 2.24) is 20.1 Å². The molecule has 0 radical (unpaired) electrons. The summed E-state index contributed by atoms with van der Waals surface area (Å²) in [5, 5.41) is 27.2. The van der Waals surface area contributed by atoms with Gasteiger partial charge in [0.2, 0.25) is 6.79 Å². The summed E-state index contributed by atoms with van der Waals surface area (Å²) in [6, 6.07) is 6.53. The van der Waals surface area contributed by atoms with Gasteiger partial charge >= 0.3 is 5.97 Å². The van der Waals surface area contributed by atoms with E-state index in [2.05, 4.69) is 26.2 Å². The number of aromatic amines is 1. The van der Waals surface area contributed by atoms with Crippen LogP contribution in [0.1, 0.15) is 75.8 Å². The molecule has 15 heteroatoms. The van der Waals surface area contributed by atoms with Gasteiger partial charge < -0.3 is 33.8 Å². The summed E-state index contributed by atoms with van der Waals surface area (Å²) in [6.45, 7) is 6.79. The van der Waals surface area contributed by atoms with E-state index in [9.17, 15) is 24.3 Å². The molecule has 0 aliphatic carbocycles. The Hall–Kier alpha value is -4.85. The highest BCUT2D eigenvalue weighted by Crippen LogP contribution is 2.64. The van der Waals surface area contributed by atoms with E-state index in [1.165, 1.54) is 30.8 Å². The summed E-state index contributed by atoms with van der Waals surface area (Å²) in [7, 11) is 3.54. The number of phenols is 1. The van der Waals surface area contributed by atoms with Crippen molar-refractivity contribution < 1.29 is 42.8 Å². The maximum absolute atomic E-state index is 15.0. The number of nitrogens with zero attached hydrogens (tertiary/aromatic N) is 3. The van der Waals surface area contributed by atoms with E-state index in [0.29, 0.717) is 63.8 Å². The van der Waals surface area contributed by atoms with Gasteiger partial charge in [-0.2, -0.15) is 5.26 Å². The van der Waals surface area contributed by atoms with Crippen LogP contribution in [0.3, 0.4) is 0 Å². The van der Waals surface area contributed by atoms with Crippen LogP contribution in [0.2, 0.25) is 0 Å². The number of thioether (sulfide) groups is 1. The van der Waals surface area contributed by atoms with Gasteiger partial charge in [0.05, 0.1) is 37.1 Å². The first kappa shape index (κ1) is 37.4. The van der Waals surface area contributed by atoms with Crippen LogP contribution in [0, 0.1) is 31.0 Å². The minimum atomic E-state index is -1.31. The van der Waals surface area contributed by atoms with E-state index in [0.717, 1.165) is 27.6 Å². The largest absolute Gasteiger partial charge is 0.504 e. The van der Waals surface area contributed by atoms with Gasteiger partial charge in [0.25, 0.3) is 0 Å². The summed E-state index contributed by atoms with van der Waals surface area (Å²) in [5.41, 5.74) is 5.35. The average Bonchev–Trinajstić information content (AvgIpc) is 3.81. The quantitative estimate of drug-likeness (QED) is 0.177.